The van der Waals surface area contributed by atoms with Gasteiger partial charge in [-0.25, -0.2) is 4.98 Å². The van der Waals surface area contributed by atoms with E-state index in [0.29, 0.717) is 0 Å². The summed E-state index contributed by atoms with van der Waals surface area (Å²) in [6.45, 7) is 6.92. The van der Waals surface area contributed by atoms with Crippen LogP contribution >= 0.6 is 0 Å². The van der Waals surface area contributed by atoms with E-state index < -0.39 is 0 Å². The Morgan fingerprint density at radius 3 is 2.42 bits per heavy atom. The summed E-state index contributed by atoms with van der Waals surface area (Å²) < 4.78 is 0. The SMILES string of the molecule is Cc1c2c(nc3ccccc13)-c1cccc3cccc(c13)C2(C)C. The van der Waals surface area contributed by atoms with Gasteiger partial charge in [-0.15, -0.1) is 0 Å². The predicted octanol–water partition coefficient (Wildman–Crippen LogP) is 6.00. The molecule has 0 unspecified atom stereocenters. The number of para-hydroxylation sites is 1. The molecule has 0 N–H and O–H groups in total. The van der Waals surface area contributed by atoms with Crippen molar-refractivity contribution in [3.8, 4) is 11.3 Å². The Labute approximate surface area is 142 Å². The molecule has 1 heterocycles. The van der Waals surface area contributed by atoms with E-state index in [1.54, 1.807) is 0 Å². The van der Waals surface area contributed by atoms with Crippen molar-refractivity contribution < 1.29 is 0 Å². The highest BCUT2D eigenvalue weighted by Gasteiger charge is 2.36. The first-order chi connectivity index (χ1) is 11.6. The Balaban J connectivity index is 2.06. The van der Waals surface area contributed by atoms with Gasteiger partial charge in [0.2, 0.25) is 0 Å². The van der Waals surface area contributed by atoms with Crippen molar-refractivity contribution in [3.05, 3.63) is 77.4 Å². The monoisotopic (exact) mass is 309 g/mol. The van der Waals surface area contributed by atoms with Crippen LogP contribution in [0, 0.1) is 6.92 Å². The van der Waals surface area contributed by atoms with Crippen molar-refractivity contribution in [1.82, 2.24) is 4.98 Å². The molecule has 0 atom stereocenters. The minimum absolute atomic E-state index is 0.0513. The Kier molecular flexibility index (Phi) is 2.55. The van der Waals surface area contributed by atoms with Gasteiger partial charge in [-0.3, -0.25) is 0 Å². The first kappa shape index (κ1) is 13.7. The van der Waals surface area contributed by atoms with Crippen molar-refractivity contribution in [1.29, 1.82) is 0 Å². The highest BCUT2D eigenvalue weighted by Crippen LogP contribution is 2.49. The molecule has 24 heavy (non-hydrogen) atoms. The van der Waals surface area contributed by atoms with Crippen LogP contribution in [-0.4, -0.2) is 4.98 Å². The van der Waals surface area contributed by atoms with Gasteiger partial charge >= 0.3 is 0 Å². The minimum Gasteiger partial charge on any atom is -0.247 e. The Morgan fingerprint density at radius 2 is 1.58 bits per heavy atom. The quantitative estimate of drug-likeness (QED) is 0.388. The summed E-state index contributed by atoms with van der Waals surface area (Å²) >= 11 is 0. The fraction of sp³-hybridized carbons (Fsp3) is 0.174. The highest BCUT2D eigenvalue weighted by molar-refractivity contribution is 6.04. The standard InChI is InChI=1S/C23H19N/c1-14-16-10-4-5-13-19(16)24-22-17-11-6-8-15-9-7-12-18(20(15)17)23(2,3)21(14)22/h4-13H,1-3H3. The third-order valence-electron chi connectivity index (χ3n) is 5.61. The van der Waals surface area contributed by atoms with E-state index >= 15 is 0 Å². The minimum atomic E-state index is -0.0513. The van der Waals surface area contributed by atoms with Crippen LogP contribution < -0.4 is 0 Å². The lowest BCUT2D eigenvalue weighted by Gasteiger charge is -2.36. The van der Waals surface area contributed by atoms with E-state index in [1.165, 1.54) is 38.4 Å². The molecule has 0 amide bonds. The summed E-state index contributed by atoms with van der Waals surface area (Å²) in [6, 6.07) is 21.7. The maximum atomic E-state index is 5.10. The van der Waals surface area contributed by atoms with Gasteiger partial charge in [-0.2, -0.15) is 0 Å². The maximum absolute atomic E-state index is 5.10. The molecule has 1 nitrogen and oxygen atoms in total. The van der Waals surface area contributed by atoms with Crippen molar-refractivity contribution in [2.75, 3.05) is 0 Å². The molecule has 0 saturated heterocycles. The van der Waals surface area contributed by atoms with Crippen LogP contribution in [0.2, 0.25) is 0 Å². The fourth-order valence-electron chi connectivity index (χ4n) is 4.53. The molecular formula is C23H19N. The van der Waals surface area contributed by atoms with Crippen molar-refractivity contribution in [2.24, 2.45) is 0 Å². The molecule has 0 spiro atoms. The highest BCUT2D eigenvalue weighted by atomic mass is 14.7. The molecule has 0 bridgehead atoms. The van der Waals surface area contributed by atoms with E-state index in [9.17, 15) is 0 Å². The summed E-state index contributed by atoms with van der Waals surface area (Å²) in [5.74, 6) is 0. The zero-order valence-corrected chi connectivity index (χ0v) is 14.2. The van der Waals surface area contributed by atoms with Crippen LogP contribution in [0.1, 0.15) is 30.5 Å². The second-order valence-corrected chi connectivity index (χ2v) is 7.31. The molecule has 1 aliphatic rings. The van der Waals surface area contributed by atoms with Crippen LogP contribution in [-0.2, 0) is 5.41 Å². The molecule has 0 saturated carbocycles. The summed E-state index contributed by atoms with van der Waals surface area (Å²) in [6.07, 6.45) is 0. The van der Waals surface area contributed by atoms with Crippen LogP contribution in [0.5, 0.6) is 0 Å². The number of hydrogen-bond donors (Lipinski definition) is 0. The van der Waals surface area contributed by atoms with E-state index in [2.05, 4.69) is 81.4 Å². The lowest BCUT2D eigenvalue weighted by molar-refractivity contribution is 0.638. The number of fused-ring (bicyclic) bond motifs is 3. The normalized spacial score (nSPS) is 14.8. The molecule has 1 aromatic heterocycles. The van der Waals surface area contributed by atoms with Gasteiger partial charge in [-0.05, 0) is 40.5 Å². The van der Waals surface area contributed by atoms with Crippen LogP contribution in [0.15, 0.2) is 60.7 Å². The molecule has 3 aromatic carbocycles. The van der Waals surface area contributed by atoms with Crippen molar-refractivity contribution >= 4 is 21.7 Å². The number of rotatable bonds is 0. The topological polar surface area (TPSA) is 12.9 Å². The number of aryl methyl sites for hydroxylation is 1. The van der Waals surface area contributed by atoms with E-state index in [-0.39, 0.29) is 5.41 Å². The summed E-state index contributed by atoms with van der Waals surface area (Å²) in [7, 11) is 0. The van der Waals surface area contributed by atoms with Gasteiger partial charge in [0, 0.05) is 16.4 Å². The number of nitrogens with zero attached hydrogens (tertiary/aromatic N) is 1. The smallest absolute Gasteiger partial charge is 0.0759 e. The molecule has 5 rings (SSSR count). The number of pyridine rings is 1. The van der Waals surface area contributed by atoms with Crippen LogP contribution in [0.25, 0.3) is 32.9 Å². The predicted molar refractivity (Wildman–Crippen MR) is 102 cm³/mol. The van der Waals surface area contributed by atoms with Gasteiger partial charge in [-0.1, -0.05) is 68.4 Å². The first-order valence-corrected chi connectivity index (χ1v) is 8.51. The fourth-order valence-corrected chi connectivity index (χ4v) is 4.53. The number of hydrogen-bond acceptors (Lipinski definition) is 1. The van der Waals surface area contributed by atoms with Gasteiger partial charge < -0.3 is 0 Å². The Morgan fingerprint density at radius 1 is 0.833 bits per heavy atom. The number of benzene rings is 3. The zero-order valence-electron chi connectivity index (χ0n) is 14.2. The third kappa shape index (κ3) is 1.57. The van der Waals surface area contributed by atoms with E-state index in [0.717, 1.165) is 11.2 Å². The van der Waals surface area contributed by atoms with Gasteiger partial charge in [0.1, 0.15) is 0 Å². The van der Waals surface area contributed by atoms with Crippen molar-refractivity contribution in [3.63, 3.8) is 0 Å². The van der Waals surface area contributed by atoms with Crippen LogP contribution in [0.4, 0.5) is 0 Å². The van der Waals surface area contributed by atoms with Gasteiger partial charge in [0.05, 0.1) is 11.2 Å². The van der Waals surface area contributed by atoms with Crippen LogP contribution in [0.3, 0.4) is 0 Å². The lowest BCUT2D eigenvalue weighted by atomic mass is 9.68. The first-order valence-electron chi connectivity index (χ1n) is 8.51. The molecule has 1 heteroatoms. The molecule has 116 valence electrons. The van der Waals surface area contributed by atoms with Gasteiger partial charge in [0.25, 0.3) is 0 Å². The average Bonchev–Trinajstić information content (AvgIpc) is 2.59. The molecule has 0 aliphatic heterocycles. The zero-order chi connectivity index (χ0) is 16.5. The second-order valence-electron chi connectivity index (χ2n) is 7.31. The summed E-state index contributed by atoms with van der Waals surface area (Å²) in [5.41, 5.74) is 7.58. The largest absolute Gasteiger partial charge is 0.247 e. The third-order valence-corrected chi connectivity index (χ3v) is 5.61. The van der Waals surface area contributed by atoms with Crippen molar-refractivity contribution in [2.45, 2.75) is 26.2 Å². The van der Waals surface area contributed by atoms with E-state index in [4.69, 9.17) is 4.98 Å². The lowest BCUT2D eigenvalue weighted by Crippen LogP contribution is -2.25. The second kappa shape index (κ2) is 4.45. The molecule has 0 radical (unpaired) electrons. The van der Waals surface area contributed by atoms with Gasteiger partial charge in [0.15, 0.2) is 0 Å². The Bertz CT molecular complexity index is 1130. The summed E-state index contributed by atoms with van der Waals surface area (Å²) in [5, 5.41) is 3.92. The van der Waals surface area contributed by atoms with E-state index in [1.807, 2.05) is 0 Å². The Hall–Kier alpha value is -2.67. The number of aromatic nitrogens is 1. The molecule has 4 aromatic rings. The average molecular weight is 309 g/mol. The molecular weight excluding hydrogens is 290 g/mol. The molecule has 1 aliphatic carbocycles. The molecule has 0 fully saturated rings. The summed E-state index contributed by atoms with van der Waals surface area (Å²) in [4.78, 5) is 5.10. The maximum Gasteiger partial charge on any atom is 0.0759 e.